The van der Waals surface area contributed by atoms with Crippen molar-refractivity contribution in [3.8, 4) is 5.75 Å². The lowest BCUT2D eigenvalue weighted by Gasteiger charge is -2.24. The summed E-state index contributed by atoms with van der Waals surface area (Å²) in [6.45, 7) is 3.27. The van der Waals surface area contributed by atoms with E-state index in [9.17, 15) is 0 Å². The number of nitrogens with zero attached hydrogens (tertiary/aromatic N) is 1. The molecule has 0 radical (unpaired) electrons. The highest BCUT2D eigenvalue weighted by atomic mass is 16.5. The second kappa shape index (κ2) is 8.12. The number of ether oxygens (including phenoxy) is 1. The topological polar surface area (TPSA) is 58.7 Å². The molecule has 1 aliphatic rings. The fraction of sp³-hybridized carbons (Fsp3) is 0.625. The number of likely N-dealkylation sites (tertiary alicyclic amines) is 1. The largest absolute Gasteiger partial charge is 0.491 e. The van der Waals surface area contributed by atoms with Gasteiger partial charge in [-0.15, -0.1) is 0 Å². The maximum Gasteiger partial charge on any atom is 0.142 e. The Hall–Kier alpha value is -1.26. The van der Waals surface area contributed by atoms with E-state index in [1.807, 2.05) is 24.3 Å². The molecule has 1 unspecified atom stereocenters. The van der Waals surface area contributed by atoms with Gasteiger partial charge in [-0.1, -0.05) is 12.1 Å². The molecule has 1 heterocycles. The van der Waals surface area contributed by atoms with Gasteiger partial charge in [0.2, 0.25) is 0 Å². The summed E-state index contributed by atoms with van der Waals surface area (Å²) in [5, 5.41) is 8.93. The third-order valence-corrected chi connectivity index (χ3v) is 3.96. The van der Waals surface area contributed by atoms with Gasteiger partial charge in [-0.05, 0) is 50.8 Å². The predicted octanol–water partition coefficient (Wildman–Crippen LogP) is 2.27. The summed E-state index contributed by atoms with van der Waals surface area (Å²) in [4.78, 5) is 2.54. The van der Waals surface area contributed by atoms with Gasteiger partial charge in [0.25, 0.3) is 0 Å². The molecule has 4 heteroatoms. The maximum atomic E-state index is 8.93. The van der Waals surface area contributed by atoms with Crippen LogP contribution in [0.4, 0.5) is 5.69 Å². The first-order valence-corrected chi connectivity index (χ1v) is 7.63. The molecule has 0 saturated carbocycles. The van der Waals surface area contributed by atoms with E-state index in [-0.39, 0.29) is 0 Å². The number of hydrogen-bond donors (Lipinski definition) is 2. The molecule has 1 saturated heterocycles. The Labute approximate surface area is 121 Å². The van der Waals surface area contributed by atoms with Crippen molar-refractivity contribution in [1.82, 2.24) is 4.90 Å². The highest BCUT2D eigenvalue weighted by molar-refractivity contribution is 5.51. The van der Waals surface area contributed by atoms with Crippen molar-refractivity contribution in [2.24, 2.45) is 0 Å². The van der Waals surface area contributed by atoms with Gasteiger partial charge >= 0.3 is 0 Å². The molecule has 1 fully saturated rings. The van der Waals surface area contributed by atoms with Gasteiger partial charge in [-0.3, -0.25) is 0 Å². The Bertz CT molecular complexity index is 398. The van der Waals surface area contributed by atoms with E-state index in [0.29, 0.717) is 24.9 Å². The number of nitrogens with two attached hydrogens (primary N) is 1. The normalized spacial score (nSPS) is 19.4. The molecule has 0 aromatic heterocycles. The fourth-order valence-corrected chi connectivity index (χ4v) is 2.91. The van der Waals surface area contributed by atoms with Gasteiger partial charge in [0.15, 0.2) is 0 Å². The van der Waals surface area contributed by atoms with E-state index in [1.54, 1.807) is 0 Å². The van der Waals surface area contributed by atoms with Crippen LogP contribution in [0, 0.1) is 0 Å². The van der Waals surface area contributed by atoms with E-state index in [4.69, 9.17) is 15.6 Å². The van der Waals surface area contributed by atoms with E-state index in [0.717, 1.165) is 31.6 Å². The first kappa shape index (κ1) is 15.1. The lowest BCUT2D eigenvalue weighted by molar-refractivity contribution is 0.199. The molecule has 1 aromatic rings. The molecule has 112 valence electrons. The van der Waals surface area contributed by atoms with Crippen LogP contribution in [0.1, 0.15) is 32.1 Å². The number of hydrogen-bond acceptors (Lipinski definition) is 4. The van der Waals surface area contributed by atoms with Crippen LogP contribution in [0.5, 0.6) is 5.75 Å². The number of benzene rings is 1. The Kier molecular flexibility index (Phi) is 6.15. The Morgan fingerprint density at radius 2 is 2.15 bits per heavy atom. The van der Waals surface area contributed by atoms with E-state index >= 15 is 0 Å². The molecule has 0 aliphatic carbocycles. The molecule has 0 amide bonds. The standard InChI is InChI=1S/C16H26N2O2/c17-15-8-1-2-9-16(15)20-13-5-11-18-10-3-6-14(18)7-4-12-19/h1-2,8-9,14,19H,3-7,10-13,17H2. The zero-order valence-electron chi connectivity index (χ0n) is 12.1. The maximum absolute atomic E-state index is 8.93. The van der Waals surface area contributed by atoms with Gasteiger partial charge < -0.3 is 20.5 Å². The second-order valence-corrected chi connectivity index (χ2v) is 5.44. The number of aliphatic hydroxyl groups is 1. The van der Waals surface area contributed by atoms with E-state index in [2.05, 4.69) is 4.90 Å². The van der Waals surface area contributed by atoms with Gasteiger partial charge in [-0.25, -0.2) is 0 Å². The number of anilines is 1. The summed E-state index contributed by atoms with van der Waals surface area (Å²) in [5.74, 6) is 0.783. The lowest BCUT2D eigenvalue weighted by atomic mass is 10.1. The predicted molar refractivity (Wildman–Crippen MR) is 81.9 cm³/mol. The minimum Gasteiger partial charge on any atom is -0.491 e. The van der Waals surface area contributed by atoms with Crippen LogP contribution >= 0.6 is 0 Å². The first-order valence-electron chi connectivity index (χ1n) is 7.63. The summed E-state index contributed by atoms with van der Waals surface area (Å²) in [5.41, 5.74) is 6.55. The van der Waals surface area contributed by atoms with Crippen LogP contribution in [-0.4, -0.2) is 42.4 Å². The average Bonchev–Trinajstić information content (AvgIpc) is 2.90. The number of nitrogen functional groups attached to an aromatic ring is 1. The minimum atomic E-state index is 0.306. The Morgan fingerprint density at radius 1 is 1.30 bits per heavy atom. The number of para-hydroxylation sites is 2. The Balaban J connectivity index is 1.66. The molecule has 1 aliphatic heterocycles. The second-order valence-electron chi connectivity index (χ2n) is 5.44. The molecule has 3 N–H and O–H groups in total. The van der Waals surface area contributed by atoms with Gasteiger partial charge in [-0.2, -0.15) is 0 Å². The van der Waals surface area contributed by atoms with Gasteiger partial charge in [0.1, 0.15) is 5.75 Å². The van der Waals surface area contributed by atoms with Crippen molar-refractivity contribution >= 4 is 5.69 Å². The minimum absolute atomic E-state index is 0.306. The lowest BCUT2D eigenvalue weighted by Crippen LogP contribution is -2.31. The third-order valence-electron chi connectivity index (χ3n) is 3.96. The smallest absolute Gasteiger partial charge is 0.142 e. The van der Waals surface area contributed by atoms with Crippen molar-refractivity contribution in [2.75, 3.05) is 32.0 Å². The van der Waals surface area contributed by atoms with Crippen molar-refractivity contribution in [3.05, 3.63) is 24.3 Å². The van der Waals surface area contributed by atoms with Crippen LogP contribution in [0.25, 0.3) is 0 Å². The average molecular weight is 278 g/mol. The van der Waals surface area contributed by atoms with Crippen LogP contribution in [0.15, 0.2) is 24.3 Å². The monoisotopic (exact) mass is 278 g/mol. The molecular weight excluding hydrogens is 252 g/mol. The Morgan fingerprint density at radius 3 is 2.95 bits per heavy atom. The molecule has 2 rings (SSSR count). The first-order chi connectivity index (χ1) is 9.81. The molecular formula is C16H26N2O2. The van der Waals surface area contributed by atoms with Crippen LogP contribution < -0.4 is 10.5 Å². The highest BCUT2D eigenvalue weighted by Gasteiger charge is 2.23. The summed E-state index contributed by atoms with van der Waals surface area (Å²) in [7, 11) is 0. The zero-order chi connectivity index (χ0) is 14.2. The van der Waals surface area contributed by atoms with E-state index < -0.39 is 0 Å². The summed E-state index contributed by atoms with van der Waals surface area (Å²) in [6, 6.07) is 8.29. The third kappa shape index (κ3) is 4.39. The van der Waals surface area contributed by atoms with Crippen LogP contribution in [-0.2, 0) is 0 Å². The fourth-order valence-electron chi connectivity index (χ4n) is 2.91. The molecule has 4 nitrogen and oxygen atoms in total. The molecule has 0 bridgehead atoms. The summed E-state index contributed by atoms with van der Waals surface area (Å²) in [6.07, 6.45) is 5.60. The van der Waals surface area contributed by atoms with Gasteiger partial charge in [0, 0.05) is 19.2 Å². The van der Waals surface area contributed by atoms with E-state index in [1.165, 1.54) is 19.4 Å². The zero-order valence-corrected chi connectivity index (χ0v) is 12.1. The summed E-state index contributed by atoms with van der Waals surface area (Å²) < 4.78 is 5.72. The molecule has 20 heavy (non-hydrogen) atoms. The van der Waals surface area contributed by atoms with Crippen molar-refractivity contribution in [2.45, 2.75) is 38.1 Å². The van der Waals surface area contributed by atoms with Crippen molar-refractivity contribution in [3.63, 3.8) is 0 Å². The molecule has 1 atom stereocenters. The summed E-state index contributed by atoms with van der Waals surface area (Å²) >= 11 is 0. The SMILES string of the molecule is Nc1ccccc1OCCCN1CCCC1CCCO. The number of aliphatic hydroxyl groups excluding tert-OH is 1. The van der Waals surface area contributed by atoms with Crippen molar-refractivity contribution in [1.29, 1.82) is 0 Å². The van der Waals surface area contributed by atoms with Gasteiger partial charge in [0.05, 0.1) is 12.3 Å². The quantitative estimate of drug-likeness (QED) is 0.566. The van der Waals surface area contributed by atoms with Crippen LogP contribution in [0.2, 0.25) is 0 Å². The van der Waals surface area contributed by atoms with Crippen LogP contribution in [0.3, 0.4) is 0 Å². The van der Waals surface area contributed by atoms with Crippen molar-refractivity contribution < 1.29 is 9.84 Å². The highest BCUT2D eigenvalue weighted by Crippen LogP contribution is 2.22. The molecule has 1 aromatic carbocycles. The number of rotatable bonds is 8. The molecule has 0 spiro atoms.